The van der Waals surface area contributed by atoms with Gasteiger partial charge in [-0.15, -0.1) is 0 Å². The van der Waals surface area contributed by atoms with Crippen molar-refractivity contribution in [1.29, 1.82) is 0 Å². The van der Waals surface area contributed by atoms with E-state index in [1.807, 2.05) is 53.4 Å². The van der Waals surface area contributed by atoms with Gasteiger partial charge < -0.3 is 4.90 Å². The van der Waals surface area contributed by atoms with Crippen molar-refractivity contribution in [2.45, 2.75) is 19.0 Å². The lowest BCUT2D eigenvalue weighted by Gasteiger charge is -2.22. The van der Waals surface area contributed by atoms with E-state index >= 15 is 0 Å². The number of Topliss-reactive ketones (excluding diaryl/α,β-unsaturated/α-hetero) is 1. The van der Waals surface area contributed by atoms with Crippen molar-refractivity contribution in [2.75, 3.05) is 0 Å². The first-order valence-corrected chi connectivity index (χ1v) is 6.77. The summed E-state index contributed by atoms with van der Waals surface area (Å²) in [6.45, 7) is 0.514. The summed E-state index contributed by atoms with van der Waals surface area (Å²) in [6.07, 6.45) is 0.375. The van der Waals surface area contributed by atoms with Crippen LogP contribution in [0.15, 0.2) is 48.5 Å². The summed E-state index contributed by atoms with van der Waals surface area (Å²) in [5.41, 5.74) is 3.43. The van der Waals surface area contributed by atoms with Gasteiger partial charge in [0.05, 0.1) is 6.04 Å². The van der Waals surface area contributed by atoms with Gasteiger partial charge in [0.25, 0.3) is 5.91 Å². The van der Waals surface area contributed by atoms with Crippen LogP contribution in [0.2, 0.25) is 0 Å². The first-order chi connectivity index (χ1) is 9.75. The van der Waals surface area contributed by atoms with Crippen LogP contribution in [0.1, 0.15) is 44.3 Å². The zero-order valence-electron chi connectivity index (χ0n) is 10.9. The molecule has 0 fully saturated rings. The average molecular weight is 263 g/mol. The van der Waals surface area contributed by atoms with E-state index < -0.39 is 0 Å². The minimum Gasteiger partial charge on any atom is -0.327 e. The molecule has 98 valence electrons. The molecule has 2 aromatic carbocycles. The van der Waals surface area contributed by atoms with Crippen LogP contribution in [-0.4, -0.2) is 16.6 Å². The molecule has 2 heterocycles. The van der Waals surface area contributed by atoms with E-state index in [-0.39, 0.29) is 17.7 Å². The van der Waals surface area contributed by atoms with Gasteiger partial charge >= 0.3 is 0 Å². The van der Waals surface area contributed by atoms with Crippen molar-refractivity contribution in [3.63, 3.8) is 0 Å². The summed E-state index contributed by atoms with van der Waals surface area (Å²) in [5.74, 6) is 0.160. The third-order valence-corrected chi connectivity index (χ3v) is 4.22. The number of carbonyl (C=O) groups excluding carboxylic acids is 2. The third kappa shape index (κ3) is 1.46. The second-order valence-corrected chi connectivity index (χ2v) is 5.32. The highest BCUT2D eigenvalue weighted by atomic mass is 16.2. The maximum Gasteiger partial charge on any atom is 0.255 e. The van der Waals surface area contributed by atoms with Gasteiger partial charge in [-0.2, -0.15) is 0 Å². The fourth-order valence-corrected chi connectivity index (χ4v) is 3.25. The molecule has 0 radical (unpaired) electrons. The molecule has 3 heteroatoms. The maximum atomic E-state index is 12.5. The first-order valence-electron chi connectivity index (χ1n) is 6.77. The largest absolute Gasteiger partial charge is 0.327 e. The Labute approximate surface area is 116 Å². The number of carbonyl (C=O) groups is 2. The van der Waals surface area contributed by atoms with Crippen molar-refractivity contribution in [3.8, 4) is 0 Å². The normalized spacial score (nSPS) is 20.2. The second-order valence-electron chi connectivity index (χ2n) is 5.32. The molecule has 3 nitrogen and oxygen atoms in total. The van der Waals surface area contributed by atoms with Crippen LogP contribution in [0.25, 0.3) is 0 Å². The van der Waals surface area contributed by atoms with E-state index in [1.54, 1.807) is 0 Å². The molecule has 1 atom stereocenters. The van der Waals surface area contributed by atoms with Crippen LogP contribution >= 0.6 is 0 Å². The Bertz CT molecular complexity index is 729. The molecule has 0 N–H and O–H groups in total. The van der Waals surface area contributed by atoms with Crippen LogP contribution in [-0.2, 0) is 6.54 Å². The molecular weight excluding hydrogens is 250 g/mol. The molecule has 1 unspecified atom stereocenters. The molecular formula is C17H13NO2. The lowest BCUT2D eigenvalue weighted by molar-refractivity contribution is 0.0700. The summed E-state index contributed by atoms with van der Waals surface area (Å²) in [6, 6.07) is 15.1. The van der Waals surface area contributed by atoms with Crippen molar-refractivity contribution in [1.82, 2.24) is 4.90 Å². The van der Waals surface area contributed by atoms with Crippen LogP contribution in [0.4, 0.5) is 0 Å². The highest BCUT2D eigenvalue weighted by Gasteiger charge is 2.39. The number of benzene rings is 2. The highest BCUT2D eigenvalue weighted by Crippen LogP contribution is 2.40. The predicted molar refractivity (Wildman–Crippen MR) is 74.4 cm³/mol. The molecule has 4 rings (SSSR count). The summed E-state index contributed by atoms with van der Waals surface area (Å²) in [7, 11) is 0. The zero-order valence-corrected chi connectivity index (χ0v) is 10.9. The smallest absolute Gasteiger partial charge is 0.255 e. The van der Waals surface area contributed by atoms with Crippen molar-refractivity contribution < 1.29 is 9.59 Å². The molecule has 0 saturated carbocycles. The number of amides is 1. The highest BCUT2D eigenvalue weighted by molar-refractivity contribution is 6.03. The topological polar surface area (TPSA) is 37.4 Å². The lowest BCUT2D eigenvalue weighted by Crippen LogP contribution is -2.26. The van der Waals surface area contributed by atoms with Gasteiger partial charge in [0, 0.05) is 24.1 Å². The molecule has 0 aromatic heterocycles. The van der Waals surface area contributed by atoms with Gasteiger partial charge in [0.2, 0.25) is 0 Å². The Hall–Kier alpha value is -2.42. The standard InChI is InChI=1S/C17H13NO2/c19-16-9-15-13-7-3-4-8-14(13)17(20)18(15)10-11-5-1-2-6-12(11)16/h1-8,15H,9-10H2. The molecule has 0 saturated heterocycles. The minimum absolute atomic E-state index is 0.0371. The van der Waals surface area contributed by atoms with Gasteiger partial charge in [-0.3, -0.25) is 9.59 Å². The SMILES string of the molecule is O=C1CC2c3ccccc3C(=O)N2Cc2ccccc21. The predicted octanol–water partition coefficient (Wildman–Crippen LogP) is 2.97. The summed E-state index contributed by atoms with van der Waals surface area (Å²) < 4.78 is 0. The summed E-state index contributed by atoms with van der Waals surface area (Å²) in [4.78, 5) is 26.8. The summed E-state index contributed by atoms with van der Waals surface area (Å²) in [5, 5.41) is 0. The number of nitrogens with zero attached hydrogens (tertiary/aromatic N) is 1. The van der Waals surface area contributed by atoms with Crippen molar-refractivity contribution in [2.24, 2.45) is 0 Å². The zero-order chi connectivity index (χ0) is 13.7. The van der Waals surface area contributed by atoms with E-state index in [1.165, 1.54) is 0 Å². The molecule has 2 aliphatic rings. The second kappa shape index (κ2) is 4.04. The van der Waals surface area contributed by atoms with E-state index in [4.69, 9.17) is 0 Å². The van der Waals surface area contributed by atoms with Gasteiger partial charge in [-0.25, -0.2) is 0 Å². The molecule has 0 spiro atoms. The fourth-order valence-electron chi connectivity index (χ4n) is 3.25. The third-order valence-electron chi connectivity index (χ3n) is 4.22. The molecule has 2 aliphatic heterocycles. The van der Waals surface area contributed by atoms with E-state index in [9.17, 15) is 9.59 Å². The molecule has 1 amide bonds. The van der Waals surface area contributed by atoms with Gasteiger partial charge in [0.1, 0.15) is 0 Å². The van der Waals surface area contributed by atoms with Crippen LogP contribution in [0, 0.1) is 0 Å². The van der Waals surface area contributed by atoms with E-state index in [2.05, 4.69) is 0 Å². The number of hydrogen-bond donors (Lipinski definition) is 0. The van der Waals surface area contributed by atoms with Crippen molar-refractivity contribution in [3.05, 3.63) is 70.8 Å². The quantitative estimate of drug-likeness (QED) is 0.732. The monoisotopic (exact) mass is 263 g/mol. The number of rotatable bonds is 0. The van der Waals surface area contributed by atoms with E-state index in [0.717, 1.165) is 22.3 Å². The summed E-state index contributed by atoms with van der Waals surface area (Å²) >= 11 is 0. The Morgan fingerprint density at radius 1 is 0.900 bits per heavy atom. The molecule has 20 heavy (non-hydrogen) atoms. The molecule has 0 aliphatic carbocycles. The Morgan fingerprint density at radius 2 is 1.60 bits per heavy atom. The Kier molecular flexibility index (Phi) is 2.30. The lowest BCUT2D eigenvalue weighted by atomic mass is 9.97. The van der Waals surface area contributed by atoms with E-state index in [0.29, 0.717) is 13.0 Å². The molecule has 0 bridgehead atoms. The Balaban J connectivity index is 1.86. The van der Waals surface area contributed by atoms with Gasteiger partial charge in [0.15, 0.2) is 5.78 Å². The fraction of sp³-hybridized carbons (Fsp3) is 0.176. The first kappa shape index (κ1) is 11.4. The minimum atomic E-state index is -0.112. The van der Waals surface area contributed by atoms with Crippen LogP contribution < -0.4 is 0 Å². The Morgan fingerprint density at radius 3 is 2.45 bits per heavy atom. The van der Waals surface area contributed by atoms with Gasteiger partial charge in [-0.05, 0) is 17.2 Å². The maximum absolute atomic E-state index is 12.5. The van der Waals surface area contributed by atoms with Crippen LogP contribution in [0.5, 0.6) is 0 Å². The van der Waals surface area contributed by atoms with Crippen LogP contribution in [0.3, 0.4) is 0 Å². The average Bonchev–Trinajstić information content (AvgIpc) is 2.65. The van der Waals surface area contributed by atoms with Gasteiger partial charge in [-0.1, -0.05) is 42.5 Å². The number of hydrogen-bond acceptors (Lipinski definition) is 2. The van der Waals surface area contributed by atoms with Crippen molar-refractivity contribution >= 4 is 11.7 Å². The number of ketones is 1. The number of fused-ring (bicyclic) bond motifs is 4. The molecule has 2 aromatic rings.